The van der Waals surface area contributed by atoms with E-state index in [1.807, 2.05) is 6.08 Å². The average Bonchev–Trinajstić information content (AvgIpc) is 2.58. The molecule has 0 aliphatic heterocycles. The summed E-state index contributed by atoms with van der Waals surface area (Å²) in [5.74, 6) is 0. The van der Waals surface area contributed by atoms with Crippen LogP contribution in [0.3, 0.4) is 0 Å². The van der Waals surface area contributed by atoms with Gasteiger partial charge in [0.1, 0.15) is 0 Å². The van der Waals surface area contributed by atoms with Crippen LogP contribution in [0.25, 0.3) is 10.4 Å². The molecule has 0 aliphatic carbocycles. The second-order valence-electron chi connectivity index (χ2n) is 6.44. The average molecular weight is 341 g/mol. The second-order valence-corrected chi connectivity index (χ2v) is 6.44. The third kappa shape index (κ3) is 13.4. The number of aliphatic hydroxyl groups excluding tert-OH is 2. The molecule has 0 bridgehead atoms. The summed E-state index contributed by atoms with van der Waals surface area (Å²) in [6.45, 7) is 2.25. The molecule has 3 atom stereocenters. The number of nitrogens with zero attached hydrogens (tertiary/aromatic N) is 3. The van der Waals surface area contributed by atoms with Gasteiger partial charge in [-0.2, -0.15) is 0 Å². The summed E-state index contributed by atoms with van der Waals surface area (Å²) in [5, 5.41) is 22.2. The molecule has 0 heterocycles. The van der Waals surface area contributed by atoms with Crippen molar-refractivity contribution in [3.8, 4) is 0 Å². The zero-order valence-electron chi connectivity index (χ0n) is 15.2. The molecule has 0 spiro atoms. The van der Waals surface area contributed by atoms with Gasteiger partial charge in [-0.3, -0.25) is 0 Å². The Morgan fingerprint density at radius 1 is 0.958 bits per heavy atom. The topological polar surface area (TPSA) is 115 Å². The van der Waals surface area contributed by atoms with Crippen molar-refractivity contribution in [3.63, 3.8) is 0 Å². The first-order chi connectivity index (χ1) is 11.6. The van der Waals surface area contributed by atoms with Crippen LogP contribution in [0.15, 0.2) is 17.3 Å². The molecule has 140 valence electrons. The molecule has 0 aromatic carbocycles. The van der Waals surface area contributed by atoms with E-state index in [-0.39, 0.29) is 0 Å². The molecule has 0 aromatic heterocycles. The van der Waals surface area contributed by atoms with Gasteiger partial charge in [0.2, 0.25) is 0 Å². The molecular weight excluding hydrogens is 304 g/mol. The number of nitrogens with two attached hydrogens (primary N) is 1. The van der Waals surface area contributed by atoms with E-state index in [4.69, 9.17) is 11.3 Å². The van der Waals surface area contributed by atoms with E-state index in [1.54, 1.807) is 6.08 Å². The number of aliphatic hydroxyl groups is 2. The minimum absolute atomic E-state index is 0.887. The van der Waals surface area contributed by atoms with E-state index in [0.29, 0.717) is 0 Å². The molecule has 0 aliphatic rings. The highest BCUT2D eigenvalue weighted by atomic mass is 16.3. The molecule has 0 saturated carbocycles. The van der Waals surface area contributed by atoms with Gasteiger partial charge in [-0.1, -0.05) is 88.4 Å². The van der Waals surface area contributed by atoms with Crippen molar-refractivity contribution in [1.29, 1.82) is 0 Å². The van der Waals surface area contributed by atoms with Gasteiger partial charge in [0, 0.05) is 4.91 Å². The lowest BCUT2D eigenvalue weighted by Gasteiger charge is -2.17. The number of azide groups is 1. The van der Waals surface area contributed by atoms with Gasteiger partial charge in [0.25, 0.3) is 0 Å². The minimum atomic E-state index is -1.41. The van der Waals surface area contributed by atoms with Crippen LogP contribution in [0.4, 0.5) is 0 Å². The Balaban J connectivity index is 3.47. The minimum Gasteiger partial charge on any atom is -0.387 e. The Morgan fingerprint density at radius 2 is 1.46 bits per heavy atom. The molecule has 0 amide bonds. The lowest BCUT2D eigenvalue weighted by Crippen LogP contribution is -2.42. The van der Waals surface area contributed by atoms with Crippen LogP contribution in [0.1, 0.15) is 84.0 Å². The Hall–Kier alpha value is -1.07. The van der Waals surface area contributed by atoms with E-state index in [0.717, 1.165) is 12.8 Å². The molecule has 0 saturated heterocycles. The maximum Gasteiger partial charge on any atom is 0.150 e. The number of hydrogen-bond acceptors (Lipinski definition) is 4. The predicted molar refractivity (Wildman–Crippen MR) is 99.4 cm³/mol. The molecule has 0 radical (unpaired) electrons. The van der Waals surface area contributed by atoms with Gasteiger partial charge in [-0.05, 0) is 18.4 Å². The summed E-state index contributed by atoms with van der Waals surface area (Å²) in [7, 11) is 0. The second kappa shape index (κ2) is 16.8. The fraction of sp³-hybridized carbons (Fsp3) is 0.889. The van der Waals surface area contributed by atoms with Gasteiger partial charge >= 0.3 is 0 Å². The van der Waals surface area contributed by atoms with Crippen LogP contribution in [0.2, 0.25) is 0 Å². The van der Waals surface area contributed by atoms with Crippen molar-refractivity contribution in [2.45, 2.75) is 102 Å². The van der Waals surface area contributed by atoms with Crippen LogP contribution in [-0.2, 0) is 0 Å². The maximum atomic E-state index is 9.74. The zero-order valence-corrected chi connectivity index (χ0v) is 15.2. The monoisotopic (exact) mass is 340 g/mol. The smallest absolute Gasteiger partial charge is 0.150 e. The van der Waals surface area contributed by atoms with Crippen molar-refractivity contribution in [1.82, 2.24) is 0 Å². The third-order valence-electron chi connectivity index (χ3n) is 4.22. The fourth-order valence-corrected chi connectivity index (χ4v) is 2.60. The van der Waals surface area contributed by atoms with Gasteiger partial charge in [-0.15, -0.1) is 0 Å². The van der Waals surface area contributed by atoms with Crippen LogP contribution < -0.4 is 5.73 Å². The SMILES string of the molecule is CCCCCCCCCCCCC/C=C/[C@@H](O)[C@H](N)C(O)N=[N+]=[N-]. The first-order valence-corrected chi connectivity index (χ1v) is 9.46. The van der Waals surface area contributed by atoms with Crippen LogP contribution >= 0.6 is 0 Å². The summed E-state index contributed by atoms with van der Waals surface area (Å²) in [5.41, 5.74) is 13.8. The number of unbranched alkanes of at least 4 members (excludes halogenated alkanes) is 11. The quantitative estimate of drug-likeness (QED) is 0.126. The summed E-state index contributed by atoms with van der Waals surface area (Å²) < 4.78 is 0. The molecule has 4 N–H and O–H groups in total. The number of rotatable bonds is 16. The molecule has 1 unspecified atom stereocenters. The summed E-state index contributed by atoms with van der Waals surface area (Å²) in [4.78, 5) is 2.47. The summed E-state index contributed by atoms with van der Waals surface area (Å²) in [6, 6.07) is -0.991. The normalized spacial score (nSPS) is 15.2. The number of allylic oxidation sites excluding steroid dienone is 1. The maximum absolute atomic E-state index is 9.74. The number of hydrogen-bond donors (Lipinski definition) is 3. The highest BCUT2D eigenvalue weighted by Crippen LogP contribution is 2.12. The highest BCUT2D eigenvalue weighted by molar-refractivity contribution is 4.95. The van der Waals surface area contributed by atoms with Crippen LogP contribution in [0.5, 0.6) is 0 Å². The first kappa shape index (κ1) is 22.9. The lowest BCUT2D eigenvalue weighted by molar-refractivity contribution is 0.0830. The van der Waals surface area contributed by atoms with Crippen molar-refractivity contribution in [2.75, 3.05) is 0 Å². The predicted octanol–water partition coefficient (Wildman–Crippen LogP) is 4.56. The Labute approximate surface area is 146 Å². The molecule has 24 heavy (non-hydrogen) atoms. The van der Waals surface area contributed by atoms with Crippen LogP contribution in [0, 0.1) is 0 Å². The molecule has 6 nitrogen and oxygen atoms in total. The summed E-state index contributed by atoms with van der Waals surface area (Å²) >= 11 is 0. The van der Waals surface area contributed by atoms with Crippen molar-refractivity contribution >= 4 is 0 Å². The Bertz CT molecular complexity index is 357. The van der Waals surface area contributed by atoms with Gasteiger partial charge in [0.05, 0.1) is 12.1 Å². The molecular formula is C18H36N4O2. The third-order valence-corrected chi connectivity index (χ3v) is 4.22. The molecule has 6 heteroatoms. The van der Waals surface area contributed by atoms with E-state index in [9.17, 15) is 10.2 Å². The Kier molecular flexibility index (Phi) is 16.0. The van der Waals surface area contributed by atoms with Gasteiger partial charge in [0.15, 0.2) is 6.23 Å². The van der Waals surface area contributed by atoms with Crippen molar-refractivity contribution < 1.29 is 10.2 Å². The molecule has 0 rings (SSSR count). The van der Waals surface area contributed by atoms with Crippen molar-refractivity contribution in [2.24, 2.45) is 10.8 Å². The van der Waals surface area contributed by atoms with Gasteiger partial charge in [-0.25, -0.2) is 0 Å². The fourth-order valence-electron chi connectivity index (χ4n) is 2.60. The van der Waals surface area contributed by atoms with E-state index >= 15 is 0 Å². The standard InChI is InChI=1S/C18H36N4O2/c1-2-3-4-5-6-7-8-9-10-11-12-13-14-15-16(23)17(19)18(24)21-22-20/h14-18,23-24H,2-13,19H2,1H3/b15-14+/t16-,17+,18?/m1/s1. The summed E-state index contributed by atoms with van der Waals surface area (Å²) in [6.07, 6.45) is 16.3. The Morgan fingerprint density at radius 3 is 1.96 bits per heavy atom. The largest absolute Gasteiger partial charge is 0.387 e. The van der Waals surface area contributed by atoms with Crippen molar-refractivity contribution in [3.05, 3.63) is 22.6 Å². The molecule has 0 aromatic rings. The molecule has 0 fully saturated rings. The van der Waals surface area contributed by atoms with Crippen LogP contribution in [-0.4, -0.2) is 28.6 Å². The lowest BCUT2D eigenvalue weighted by atomic mass is 10.0. The zero-order chi connectivity index (χ0) is 18.0. The van der Waals surface area contributed by atoms with E-state index < -0.39 is 18.4 Å². The highest BCUT2D eigenvalue weighted by Gasteiger charge is 2.19. The van der Waals surface area contributed by atoms with E-state index in [1.165, 1.54) is 64.2 Å². The van der Waals surface area contributed by atoms with Gasteiger partial charge < -0.3 is 15.9 Å². The first-order valence-electron chi connectivity index (χ1n) is 9.46. The van der Waals surface area contributed by atoms with E-state index in [2.05, 4.69) is 16.9 Å².